The second-order valence-electron chi connectivity index (χ2n) is 4.13. The molecule has 0 aromatic heterocycles. The summed E-state index contributed by atoms with van der Waals surface area (Å²) in [5, 5.41) is 0.364. The Labute approximate surface area is 105 Å². The summed E-state index contributed by atoms with van der Waals surface area (Å²) in [5.74, 6) is -0.216. The highest BCUT2D eigenvalue weighted by Gasteiger charge is 2.26. The van der Waals surface area contributed by atoms with Crippen molar-refractivity contribution in [1.82, 2.24) is 0 Å². The Morgan fingerprint density at radius 1 is 1.24 bits per heavy atom. The van der Waals surface area contributed by atoms with Crippen molar-refractivity contribution in [3.8, 4) is 0 Å². The lowest BCUT2D eigenvalue weighted by Gasteiger charge is -2.15. The van der Waals surface area contributed by atoms with Gasteiger partial charge in [0.1, 0.15) is 0 Å². The summed E-state index contributed by atoms with van der Waals surface area (Å²) in [7, 11) is 0. The van der Waals surface area contributed by atoms with Crippen LogP contribution in [0.1, 0.15) is 46.9 Å². The van der Waals surface area contributed by atoms with Gasteiger partial charge in [0.2, 0.25) is 0 Å². The molecule has 0 aliphatic heterocycles. The third-order valence-electron chi connectivity index (χ3n) is 2.90. The lowest BCUT2D eigenvalue weighted by molar-refractivity contribution is 0.0981. The number of unbranched alkanes of at least 4 members (excludes halogenated alkanes) is 1. The molecular formula is C14H13ClO2. The summed E-state index contributed by atoms with van der Waals surface area (Å²) < 4.78 is 0. The summed E-state index contributed by atoms with van der Waals surface area (Å²) in [5.41, 5.74) is 1.37. The zero-order valence-corrected chi connectivity index (χ0v) is 10.4. The first-order valence-corrected chi connectivity index (χ1v) is 6.11. The van der Waals surface area contributed by atoms with E-state index in [1.54, 1.807) is 18.2 Å². The fourth-order valence-electron chi connectivity index (χ4n) is 1.98. The van der Waals surface area contributed by atoms with Gasteiger partial charge < -0.3 is 0 Å². The standard InChI is InChI=1S/C14H13ClO2/c1-2-3-5-9-8-12(16)10-6-4-7-11(15)13(10)14(9)17/h4,6-8H,2-3,5H2,1H3. The van der Waals surface area contributed by atoms with Crippen LogP contribution in [0.2, 0.25) is 5.02 Å². The van der Waals surface area contributed by atoms with Crippen LogP contribution in [0.5, 0.6) is 0 Å². The molecule has 0 N–H and O–H groups in total. The van der Waals surface area contributed by atoms with E-state index in [4.69, 9.17) is 11.6 Å². The van der Waals surface area contributed by atoms with Crippen LogP contribution in [0.3, 0.4) is 0 Å². The molecule has 3 heteroatoms. The van der Waals surface area contributed by atoms with Crippen LogP contribution in [0.15, 0.2) is 29.8 Å². The molecule has 0 saturated carbocycles. The van der Waals surface area contributed by atoms with Crippen LogP contribution in [-0.2, 0) is 0 Å². The van der Waals surface area contributed by atoms with Crippen molar-refractivity contribution < 1.29 is 9.59 Å². The van der Waals surface area contributed by atoms with E-state index in [1.807, 2.05) is 0 Å². The average Bonchev–Trinajstić information content (AvgIpc) is 2.32. The molecule has 0 unspecified atom stereocenters. The van der Waals surface area contributed by atoms with E-state index in [9.17, 15) is 9.59 Å². The molecule has 0 heterocycles. The molecule has 2 rings (SSSR count). The van der Waals surface area contributed by atoms with Gasteiger partial charge in [0, 0.05) is 11.1 Å². The topological polar surface area (TPSA) is 34.1 Å². The second kappa shape index (κ2) is 4.84. The molecule has 1 aromatic rings. The highest BCUT2D eigenvalue weighted by atomic mass is 35.5. The van der Waals surface area contributed by atoms with Crippen LogP contribution in [0.4, 0.5) is 0 Å². The number of hydrogen-bond acceptors (Lipinski definition) is 2. The Bertz CT molecular complexity index is 515. The monoisotopic (exact) mass is 248 g/mol. The van der Waals surface area contributed by atoms with E-state index in [2.05, 4.69) is 6.92 Å². The van der Waals surface area contributed by atoms with Crippen LogP contribution in [0, 0.1) is 0 Å². The summed E-state index contributed by atoms with van der Waals surface area (Å²) >= 11 is 6.00. The van der Waals surface area contributed by atoms with Crippen molar-refractivity contribution in [3.63, 3.8) is 0 Å². The number of rotatable bonds is 3. The Hall–Kier alpha value is -1.41. The molecule has 1 aliphatic carbocycles. The number of allylic oxidation sites excluding steroid dienone is 2. The number of ketones is 2. The first-order chi connectivity index (χ1) is 8.15. The Balaban J connectivity index is 2.44. The minimum absolute atomic E-state index is 0.0985. The molecule has 88 valence electrons. The smallest absolute Gasteiger partial charge is 0.191 e. The van der Waals surface area contributed by atoms with Crippen LogP contribution < -0.4 is 0 Å². The van der Waals surface area contributed by atoms with Crippen molar-refractivity contribution in [2.24, 2.45) is 0 Å². The van der Waals surface area contributed by atoms with Gasteiger partial charge in [-0.15, -0.1) is 0 Å². The maximum atomic E-state index is 12.2. The maximum absolute atomic E-state index is 12.2. The van der Waals surface area contributed by atoms with E-state index in [0.717, 1.165) is 12.8 Å². The Morgan fingerprint density at radius 2 is 2.00 bits per heavy atom. The number of carbonyl (C=O) groups is 2. The van der Waals surface area contributed by atoms with Gasteiger partial charge in [0.15, 0.2) is 11.6 Å². The predicted octanol–water partition coefficient (Wildman–Crippen LogP) is 3.84. The number of benzene rings is 1. The minimum Gasteiger partial charge on any atom is -0.289 e. The summed E-state index contributed by atoms with van der Waals surface area (Å²) in [6.45, 7) is 2.05. The molecule has 0 spiro atoms. The number of Topliss-reactive ketones (excluding diaryl/α,β-unsaturated/α-hetero) is 1. The van der Waals surface area contributed by atoms with Gasteiger partial charge in [-0.25, -0.2) is 0 Å². The number of halogens is 1. The zero-order valence-electron chi connectivity index (χ0n) is 9.63. The summed E-state index contributed by atoms with van der Waals surface area (Å²) in [6, 6.07) is 4.99. The van der Waals surface area contributed by atoms with Crippen LogP contribution in [-0.4, -0.2) is 11.6 Å². The molecule has 0 amide bonds. The predicted molar refractivity (Wildman–Crippen MR) is 67.7 cm³/mol. The third-order valence-corrected chi connectivity index (χ3v) is 3.22. The molecule has 1 aromatic carbocycles. The van der Waals surface area contributed by atoms with Gasteiger partial charge >= 0.3 is 0 Å². The van der Waals surface area contributed by atoms with E-state index in [1.165, 1.54) is 6.08 Å². The summed E-state index contributed by atoms with van der Waals surface area (Å²) in [4.78, 5) is 24.1. The quantitative estimate of drug-likeness (QED) is 0.815. The van der Waals surface area contributed by atoms with Gasteiger partial charge in [0.05, 0.1) is 10.6 Å². The fraction of sp³-hybridized carbons (Fsp3) is 0.286. The second-order valence-corrected chi connectivity index (χ2v) is 4.54. The van der Waals surface area contributed by atoms with Crippen molar-refractivity contribution >= 4 is 23.2 Å². The van der Waals surface area contributed by atoms with E-state index >= 15 is 0 Å². The number of fused-ring (bicyclic) bond motifs is 1. The lowest BCUT2D eigenvalue weighted by Crippen LogP contribution is -2.17. The molecule has 0 bridgehead atoms. The van der Waals surface area contributed by atoms with Gasteiger partial charge in [0.25, 0.3) is 0 Å². The molecule has 1 aliphatic rings. The van der Waals surface area contributed by atoms with Crippen molar-refractivity contribution in [2.45, 2.75) is 26.2 Å². The third kappa shape index (κ3) is 2.18. The van der Waals surface area contributed by atoms with Gasteiger partial charge in [-0.2, -0.15) is 0 Å². The first-order valence-electron chi connectivity index (χ1n) is 5.73. The van der Waals surface area contributed by atoms with Gasteiger partial charge in [-0.1, -0.05) is 37.1 Å². The molecule has 0 fully saturated rings. The normalized spacial score (nSPS) is 14.6. The first kappa shape index (κ1) is 12.1. The van der Waals surface area contributed by atoms with Gasteiger partial charge in [-0.05, 0) is 25.0 Å². The SMILES string of the molecule is CCCCC1=CC(=O)c2cccc(Cl)c2C1=O. The molecule has 0 atom stereocenters. The summed E-state index contributed by atoms with van der Waals surface area (Å²) in [6.07, 6.45) is 4.00. The van der Waals surface area contributed by atoms with Crippen molar-refractivity contribution in [2.75, 3.05) is 0 Å². The van der Waals surface area contributed by atoms with Crippen LogP contribution >= 0.6 is 11.6 Å². The number of carbonyl (C=O) groups excluding carboxylic acids is 2. The fourth-order valence-corrected chi connectivity index (χ4v) is 2.24. The van der Waals surface area contributed by atoms with Gasteiger partial charge in [-0.3, -0.25) is 9.59 Å². The van der Waals surface area contributed by atoms with Crippen molar-refractivity contribution in [3.05, 3.63) is 46.0 Å². The van der Waals surface area contributed by atoms with Crippen molar-refractivity contribution in [1.29, 1.82) is 0 Å². The highest BCUT2D eigenvalue weighted by molar-refractivity contribution is 6.38. The lowest BCUT2D eigenvalue weighted by atomic mass is 9.87. The Morgan fingerprint density at radius 3 is 2.71 bits per heavy atom. The Kier molecular flexibility index (Phi) is 3.43. The van der Waals surface area contributed by atoms with E-state index in [-0.39, 0.29) is 11.6 Å². The molecule has 2 nitrogen and oxygen atoms in total. The maximum Gasteiger partial charge on any atom is 0.191 e. The molecule has 17 heavy (non-hydrogen) atoms. The average molecular weight is 249 g/mol. The minimum atomic E-state index is -0.117. The van der Waals surface area contributed by atoms with Crippen LogP contribution in [0.25, 0.3) is 0 Å². The largest absolute Gasteiger partial charge is 0.289 e. The van der Waals surface area contributed by atoms with E-state index < -0.39 is 0 Å². The molecular weight excluding hydrogens is 236 g/mol. The zero-order chi connectivity index (χ0) is 12.4. The molecule has 0 radical (unpaired) electrons. The van der Waals surface area contributed by atoms with E-state index in [0.29, 0.717) is 28.1 Å². The number of hydrogen-bond donors (Lipinski definition) is 0. The molecule has 0 saturated heterocycles. The highest BCUT2D eigenvalue weighted by Crippen LogP contribution is 2.29.